The highest BCUT2D eigenvalue weighted by atomic mass is 32.1. The van der Waals surface area contributed by atoms with Gasteiger partial charge in [-0.05, 0) is 48.1 Å². The van der Waals surface area contributed by atoms with Crippen molar-refractivity contribution in [1.29, 1.82) is 0 Å². The lowest BCUT2D eigenvalue weighted by Gasteiger charge is -2.26. The first-order chi connectivity index (χ1) is 6.70. The molecule has 1 unspecified atom stereocenters. The zero-order chi connectivity index (χ0) is 10.4. The summed E-state index contributed by atoms with van der Waals surface area (Å²) in [5.74, 6) is 0. The molecule has 0 radical (unpaired) electrons. The number of hydrogen-bond donors (Lipinski definition) is 1. The van der Waals surface area contributed by atoms with Gasteiger partial charge < -0.3 is 5.11 Å². The summed E-state index contributed by atoms with van der Waals surface area (Å²) in [6.45, 7) is 4.20. The first kappa shape index (κ1) is 11.7. The Kier molecular flexibility index (Phi) is 4.63. The minimum Gasteiger partial charge on any atom is -0.390 e. The molecule has 0 saturated heterocycles. The second-order valence-electron chi connectivity index (χ2n) is 3.96. The molecular formula is C12H20OS. The maximum absolute atomic E-state index is 10.2. The number of rotatable bonds is 6. The van der Waals surface area contributed by atoms with Gasteiger partial charge in [0.1, 0.15) is 0 Å². The fourth-order valence-electron chi connectivity index (χ4n) is 1.76. The van der Waals surface area contributed by atoms with Gasteiger partial charge in [-0.3, -0.25) is 0 Å². The molecule has 1 rings (SSSR count). The Hall–Kier alpha value is -0.340. The Labute approximate surface area is 90.8 Å². The van der Waals surface area contributed by atoms with Crippen LogP contribution in [0.4, 0.5) is 0 Å². The first-order valence-corrected chi connectivity index (χ1v) is 6.38. The SMILES string of the molecule is CCCC(O)(CC)CCc1ccsc1. The molecule has 14 heavy (non-hydrogen) atoms. The standard InChI is InChI=1S/C12H20OS/c1-3-7-12(13,4-2)8-5-11-6-9-14-10-11/h6,9-10,13H,3-5,7-8H2,1-2H3. The summed E-state index contributed by atoms with van der Waals surface area (Å²) in [5.41, 5.74) is 0.925. The quantitative estimate of drug-likeness (QED) is 0.763. The zero-order valence-corrected chi connectivity index (χ0v) is 9.94. The minimum absolute atomic E-state index is 0.434. The van der Waals surface area contributed by atoms with E-state index in [1.54, 1.807) is 11.3 Å². The lowest BCUT2D eigenvalue weighted by atomic mass is 9.89. The second kappa shape index (κ2) is 5.52. The molecule has 0 bridgehead atoms. The highest BCUT2D eigenvalue weighted by Crippen LogP contribution is 2.24. The summed E-state index contributed by atoms with van der Waals surface area (Å²) in [6.07, 6.45) is 4.76. The molecule has 0 amide bonds. The predicted molar refractivity (Wildman–Crippen MR) is 62.8 cm³/mol. The maximum atomic E-state index is 10.2. The highest BCUT2D eigenvalue weighted by Gasteiger charge is 2.22. The van der Waals surface area contributed by atoms with Crippen molar-refractivity contribution in [1.82, 2.24) is 0 Å². The Bertz CT molecular complexity index is 243. The second-order valence-corrected chi connectivity index (χ2v) is 4.74. The summed E-state index contributed by atoms with van der Waals surface area (Å²) < 4.78 is 0. The number of aliphatic hydroxyl groups is 1. The average Bonchev–Trinajstić information content (AvgIpc) is 2.68. The van der Waals surface area contributed by atoms with Gasteiger partial charge >= 0.3 is 0 Å². The van der Waals surface area contributed by atoms with Crippen molar-refractivity contribution >= 4 is 11.3 Å². The van der Waals surface area contributed by atoms with Gasteiger partial charge in [-0.15, -0.1) is 0 Å². The normalized spacial score (nSPS) is 15.4. The highest BCUT2D eigenvalue weighted by molar-refractivity contribution is 7.07. The number of hydrogen-bond acceptors (Lipinski definition) is 2. The van der Waals surface area contributed by atoms with Gasteiger partial charge in [0.25, 0.3) is 0 Å². The van der Waals surface area contributed by atoms with Gasteiger partial charge in [0.2, 0.25) is 0 Å². The van der Waals surface area contributed by atoms with Crippen molar-refractivity contribution in [3.05, 3.63) is 22.4 Å². The molecule has 0 aliphatic carbocycles. The molecule has 1 N–H and O–H groups in total. The van der Waals surface area contributed by atoms with Crippen molar-refractivity contribution in [2.24, 2.45) is 0 Å². The van der Waals surface area contributed by atoms with E-state index in [0.717, 1.165) is 32.1 Å². The van der Waals surface area contributed by atoms with E-state index in [9.17, 15) is 5.11 Å². The molecule has 1 heterocycles. The fraction of sp³-hybridized carbons (Fsp3) is 0.667. The molecule has 0 spiro atoms. The van der Waals surface area contributed by atoms with Crippen LogP contribution in [0.3, 0.4) is 0 Å². The fourth-order valence-corrected chi connectivity index (χ4v) is 2.46. The molecular weight excluding hydrogens is 192 g/mol. The molecule has 0 aromatic carbocycles. The van der Waals surface area contributed by atoms with Crippen LogP contribution in [-0.2, 0) is 6.42 Å². The van der Waals surface area contributed by atoms with Crippen molar-refractivity contribution < 1.29 is 5.11 Å². The van der Waals surface area contributed by atoms with Gasteiger partial charge in [0, 0.05) is 0 Å². The van der Waals surface area contributed by atoms with Gasteiger partial charge in [0.05, 0.1) is 5.60 Å². The molecule has 1 aromatic rings. The molecule has 0 saturated carbocycles. The Morgan fingerprint density at radius 2 is 2.14 bits per heavy atom. The molecule has 0 aliphatic rings. The summed E-state index contributed by atoms with van der Waals surface area (Å²) in [4.78, 5) is 0. The van der Waals surface area contributed by atoms with E-state index in [1.807, 2.05) is 0 Å². The van der Waals surface area contributed by atoms with Crippen LogP contribution in [0.15, 0.2) is 16.8 Å². The Morgan fingerprint density at radius 1 is 1.36 bits per heavy atom. The van der Waals surface area contributed by atoms with E-state index in [4.69, 9.17) is 0 Å². The van der Waals surface area contributed by atoms with Crippen LogP contribution in [0.25, 0.3) is 0 Å². The summed E-state index contributed by atoms with van der Waals surface area (Å²) in [7, 11) is 0. The van der Waals surface area contributed by atoms with Crippen LogP contribution in [0.1, 0.15) is 45.1 Å². The van der Waals surface area contributed by atoms with Crippen molar-refractivity contribution in [2.45, 2.75) is 51.6 Å². The minimum atomic E-state index is -0.434. The van der Waals surface area contributed by atoms with Gasteiger partial charge in [-0.2, -0.15) is 11.3 Å². The van der Waals surface area contributed by atoms with Gasteiger partial charge in [-0.1, -0.05) is 20.3 Å². The molecule has 2 heteroatoms. The molecule has 80 valence electrons. The smallest absolute Gasteiger partial charge is 0.0648 e. The molecule has 1 aromatic heterocycles. The van der Waals surface area contributed by atoms with Crippen molar-refractivity contribution in [2.75, 3.05) is 0 Å². The van der Waals surface area contributed by atoms with Crippen LogP contribution in [0.2, 0.25) is 0 Å². The van der Waals surface area contributed by atoms with Crippen molar-refractivity contribution in [3.8, 4) is 0 Å². The van der Waals surface area contributed by atoms with Crippen LogP contribution in [-0.4, -0.2) is 10.7 Å². The third-order valence-electron chi connectivity index (χ3n) is 2.83. The van der Waals surface area contributed by atoms with Gasteiger partial charge in [-0.25, -0.2) is 0 Å². The molecule has 0 aliphatic heterocycles. The molecule has 1 atom stereocenters. The Morgan fingerprint density at radius 3 is 2.64 bits per heavy atom. The van der Waals surface area contributed by atoms with Crippen LogP contribution >= 0.6 is 11.3 Å². The average molecular weight is 212 g/mol. The topological polar surface area (TPSA) is 20.2 Å². The molecule has 1 nitrogen and oxygen atoms in total. The van der Waals surface area contributed by atoms with E-state index in [1.165, 1.54) is 5.56 Å². The Balaban J connectivity index is 2.41. The monoisotopic (exact) mass is 212 g/mol. The van der Waals surface area contributed by atoms with Crippen LogP contribution < -0.4 is 0 Å². The van der Waals surface area contributed by atoms with E-state index in [0.29, 0.717) is 0 Å². The largest absolute Gasteiger partial charge is 0.390 e. The zero-order valence-electron chi connectivity index (χ0n) is 9.12. The maximum Gasteiger partial charge on any atom is 0.0648 e. The van der Waals surface area contributed by atoms with Crippen LogP contribution in [0.5, 0.6) is 0 Å². The van der Waals surface area contributed by atoms with Crippen molar-refractivity contribution in [3.63, 3.8) is 0 Å². The first-order valence-electron chi connectivity index (χ1n) is 5.43. The van der Waals surface area contributed by atoms with E-state index in [2.05, 4.69) is 30.7 Å². The third kappa shape index (κ3) is 3.43. The lowest BCUT2D eigenvalue weighted by molar-refractivity contribution is 0.0185. The summed E-state index contributed by atoms with van der Waals surface area (Å²) >= 11 is 1.73. The number of thiophene rings is 1. The third-order valence-corrected chi connectivity index (χ3v) is 3.56. The summed E-state index contributed by atoms with van der Waals surface area (Å²) in [6, 6.07) is 2.15. The molecule has 0 fully saturated rings. The summed E-state index contributed by atoms with van der Waals surface area (Å²) in [5, 5.41) is 14.5. The lowest BCUT2D eigenvalue weighted by Crippen LogP contribution is -2.27. The van der Waals surface area contributed by atoms with Gasteiger partial charge in [0.15, 0.2) is 0 Å². The van der Waals surface area contributed by atoms with E-state index >= 15 is 0 Å². The predicted octanol–water partition coefficient (Wildman–Crippen LogP) is 3.62. The van der Waals surface area contributed by atoms with E-state index < -0.39 is 5.60 Å². The number of aryl methyl sites for hydroxylation is 1. The van der Waals surface area contributed by atoms with E-state index in [-0.39, 0.29) is 0 Å². The van der Waals surface area contributed by atoms with Crippen LogP contribution in [0, 0.1) is 0 Å².